The Balaban J connectivity index is 1.16. The molecule has 0 radical (unpaired) electrons. The number of rotatable bonds is 13. The third-order valence-electron chi connectivity index (χ3n) is 6.87. The molecule has 0 bridgehead atoms. The van der Waals surface area contributed by atoms with Gasteiger partial charge < -0.3 is 43.0 Å². The van der Waals surface area contributed by atoms with E-state index < -0.39 is 23.8 Å². The second-order valence-corrected chi connectivity index (χ2v) is 10.1. The molecule has 3 aromatic heterocycles. The molecule has 0 saturated carbocycles. The molecule has 47 heavy (non-hydrogen) atoms. The number of nitrogens with two attached hydrogens (primary N) is 3. The number of hydrogen-bond acceptors (Lipinski definition) is 15. The van der Waals surface area contributed by atoms with Crippen molar-refractivity contribution in [1.29, 1.82) is 0 Å². The second-order valence-electron chi connectivity index (χ2n) is 10.1. The lowest BCUT2D eigenvalue weighted by molar-refractivity contribution is -0.139. The van der Waals surface area contributed by atoms with E-state index in [2.05, 4.69) is 56.5 Å². The van der Waals surface area contributed by atoms with E-state index in [1.807, 2.05) is 0 Å². The summed E-state index contributed by atoms with van der Waals surface area (Å²) in [6.45, 7) is 0.365. The number of tetrazole rings is 1. The summed E-state index contributed by atoms with van der Waals surface area (Å²) in [5.41, 5.74) is 20.3. The maximum Gasteiger partial charge on any atom is 0.326 e. The molecular weight excluding hydrogens is 612 g/mol. The van der Waals surface area contributed by atoms with Gasteiger partial charge in [0.1, 0.15) is 11.8 Å². The van der Waals surface area contributed by atoms with Crippen LogP contribution in [0.1, 0.15) is 39.3 Å². The number of carbonyl (C=O) groups is 3. The fourth-order valence-corrected chi connectivity index (χ4v) is 4.56. The lowest BCUT2D eigenvalue weighted by Crippen LogP contribution is -2.41. The van der Waals surface area contributed by atoms with Gasteiger partial charge in [0.05, 0.1) is 36.8 Å². The summed E-state index contributed by atoms with van der Waals surface area (Å²) in [5, 5.41) is 31.6. The molecule has 11 N–H and O–H groups in total. The zero-order valence-corrected chi connectivity index (χ0v) is 24.9. The minimum atomic E-state index is -1.22. The zero-order valence-electron chi connectivity index (χ0n) is 24.9. The van der Waals surface area contributed by atoms with Gasteiger partial charge in [0.2, 0.25) is 5.95 Å². The largest absolute Gasteiger partial charge is 0.495 e. The van der Waals surface area contributed by atoms with E-state index in [0.29, 0.717) is 33.9 Å². The molecule has 0 fully saturated rings. The summed E-state index contributed by atoms with van der Waals surface area (Å²) in [7, 11) is 1.44. The minimum Gasteiger partial charge on any atom is -0.495 e. The molecule has 0 saturated heterocycles. The molecule has 1 unspecified atom stereocenters. The van der Waals surface area contributed by atoms with Gasteiger partial charge in [0, 0.05) is 23.4 Å². The van der Waals surface area contributed by atoms with Crippen LogP contribution in [0.15, 0.2) is 42.6 Å². The molecule has 5 rings (SSSR count). The SMILES string of the molecule is COc1cc(C(=O)NC(CCCNC(=O)c2ccc(N)cc2-c2nnn[nH]2)C(=O)O)ccc1NCc1cnc2nc(N)nc(N)c2n1. The molecule has 19 heteroatoms. The van der Waals surface area contributed by atoms with Crippen LogP contribution >= 0.6 is 0 Å². The topological polar surface area (TPSA) is 301 Å². The highest BCUT2D eigenvalue weighted by molar-refractivity contribution is 6.00. The van der Waals surface area contributed by atoms with Crippen molar-refractivity contribution in [2.45, 2.75) is 25.4 Å². The zero-order chi connectivity index (χ0) is 33.5. The number of H-pyrrole nitrogens is 1. The third kappa shape index (κ3) is 7.53. The average Bonchev–Trinajstić information content (AvgIpc) is 3.60. The van der Waals surface area contributed by atoms with Gasteiger partial charge in [-0.2, -0.15) is 9.97 Å². The number of carboxylic acid groups (broad SMARTS) is 1. The van der Waals surface area contributed by atoms with Crippen molar-refractivity contribution in [2.24, 2.45) is 0 Å². The van der Waals surface area contributed by atoms with Gasteiger partial charge in [-0.05, 0) is 59.7 Å². The lowest BCUT2D eigenvalue weighted by Gasteiger charge is -2.16. The molecule has 2 aromatic carbocycles. The molecule has 5 aromatic rings. The molecule has 2 amide bonds. The van der Waals surface area contributed by atoms with Crippen molar-refractivity contribution in [3.05, 3.63) is 59.4 Å². The first-order valence-electron chi connectivity index (χ1n) is 14.0. The van der Waals surface area contributed by atoms with E-state index >= 15 is 0 Å². The first-order valence-corrected chi connectivity index (χ1v) is 14.0. The van der Waals surface area contributed by atoms with Crippen LogP contribution < -0.4 is 37.9 Å². The first kappa shape index (κ1) is 31.8. The van der Waals surface area contributed by atoms with E-state index in [4.69, 9.17) is 21.9 Å². The summed E-state index contributed by atoms with van der Waals surface area (Å²) < 4.78 is 5.45. The highest BCUT2D eigenvalue weighted by atomic mass is 16.5. The predicted molar refractivity (Wildman–Crippen MR) is 169 cm³/mol. The van der Waals surface area contributed by atoms with Crippen LogP contribution in [-0.2, 0) is 11.3 Å². The van der Waals surface area contributed by atoms with Gasteiger partial charge in [0.25, 0.3) is 11.8 Å². The Morgan fingerprint density at radius 3 is 2.62 bits per heavy atom. The van der Waals surface area contributed by atoms with Crippen LogP contribution in [0.4, 0.5) is 23.1 Å². The number of anilines is 4. The third-order valence-corrected chi connectivity index (χ3v) is 6.87. The number of aromatic amines is 1. The fraction of sp³-hybridized carbons (Fsp3) is 0.214. The summed E-state index contributed by atoms with van der Waals surface area (Å²) in [6.07, 6.45) is 1.82. The van der Waals surface area contributed by atoms with E-state index in [1.165, 1.54) is 31.5 Å². The molecule has 0 aliphatic carbocycles. The molecular formula is C28H30N14O5. The van der Waals surface area contributed by atoms with Crippen molar-refractivity contribution >= 4 is 52.1 Å². The van der Waals surface area contributed by atoms with E-state index in [0.717, 1.165) is 0 Å². The number of benzene rings is 2. The average molecular weight is 643 g/mol. The highest BCUT2D eigenvalue weighted by Gasteiger charge is 2.22. The molecule has 0 spiro atoms. The number of nitrogens with one attached hydrogen (secondary N) is 4. The van der Waals surface area contributed by atoms with E-state index in [1.54, 1.807) is 18.2 Å². The van der Waals surface area contributed by atoms with Crippen LogP contribution in [0.3, 0.4) is 0 Å². The van der Waals surface area contributed by atoms with Crippen molar-refractivity contribution in [1.82, 2.24) is 51.2 Å². The first-order chi connectivity index (χ1) is 22.6. The standard InChI is InChI=1S/C28H30N14O5/c1-47-20-9-13(4-7-18(20)33-11-15-12-34-24-21(35-15)22(30)37-28(31)38-24)25(43)36-19(27(45)46)3-2-8-32-26(44)16-6-5-14(29)10-17(16)23-39-41-42-40-23/h4-7,9-10,12,19,33H,2-3,8,11,29H2,1H3,(H,32,44)(H,36,43)(H,45,46)(H,39,40,41,42)(H4,30,31,34,37,38). The van der Waals surface area contributed by atoms with Crippen LogP contribution in [0.25, 0.3) is 22.6 Å². The monoisotopic (exact) mass is 642 g/mol. The smallest absolute Gasteiger partial charge is 0.326 e. The lowest BCUT2D eigenvalue weighted by atomic mass is 10.0. The van der Waals surface area contributed by atoms with Crippen LogP contribution in [0.5, 0.6) is 5.75 Å². The normalized spacial score (nSPS) is 11.5. The van der Waals surface area contributed by atoms with Gasteiger partial charge >= 0.3 is 5.97 Å². The Hall–Kier alpha value is -6.66. The number of methoxy groups -OCH3 is 1. The van der Waals surface area contributed by atoms with Crippen LogP contribution in [-0.4, -0.2) is 83.1 Å². The maximum atomic E-state index is 13.0. The van der Waals surface area contributed by atoms with E-state index in [-0.39, 0.29) is 60.3 Å². The number of amides is 2. The highest BCUT2D eigenvalue weighted by Crippen LogP contribution is 2.27. The summed E-state index contributed by atoms with van der Waals surface area (Å²) in [5.74, 6) is -1.57. The molecule has 1 atom stereocenters. The molecule has 242 valence electrons. The Kier molecular flexibility index (Phi) is 9.44. The Bertz CT molecular complexity index is 1940. The fourth-order valence-electron chi connectivity index (χ4n) is 4.56. The van der Waals surface area contributed by atoms with Crippen LogP contribution in [0, 0.1) is 0 Å². The number of carboxylic acids is 1. The van der Waals surface area contributed by atoms with Gasteiger partial charge in [-0.3, -0.25) is 9.59 Å². The summed E-state index contributed by atoms with van der Waals surface area (Å²) in [4.78, 5) is 54.3. The van der Waals surface area contributed by atoms with Gasteiger partial charge in [-0.25, -0.2) is 19.9 Å². The maximum absolute atomic E-state index is 13.0. The number of nitrogen functional groups attached to an aromatic ring is 3. The predicted octanol–water partition coefficient (Wildman–Crippen LogP) is 0.360. The molecule has 19 nitrogen and oxygen atoms in total. The van der Waals surface area contributed by atoms with E-state index in [9.17, 15) is 19.5 Å². The summed E-state index contributed by atoms with van der Waals surface area (Å²) >= 11 is 0. The van der Waals surface area contributed by atoms with Crippen molar-refractivity contribution in [2.75, 3.05) is 36.2 Å². The Morgan fingerprint density at radius 2 is 1.87 bits per heavy atom. The number of fused-ring (bicyclic) bond motifs is 1. The number of hydrogen-bond donors (Lipinski definition) is 8. The molecule has 0 aliphatic rings. The van der Waals surface area contributed by atoms with Gasteiger partial charge in [-0.15, -0.1) is 5.10 Å². The second kappa shape index (κ2) is 14.0. The van der Waals surface area contributed by atoms with Crippen molar-refractivity contribution < 1.29 is 24.2 Å². The summed E-state index contributed by atoms with van der Waals surface area (Å²) in [6, 6.07) is 8.07. The quantitative estimate of drug-likeness (QED) is 0.0635. The molecule has 3 heterocycles. The number of carbonyl (C=O) groups excluding carboxylic acids is 2. The minimum absolute atomic E-state index is 0.00490. The number of nitrogens with zero attached hydrogens (tertiary/aromatic N) is 7. The number of ether oxygens (including phenoxy) is 1. The number of aliphatic carboxylic acids is 1. The van der Waals surface area contributed by atoms with Gasteiger partial charge in [-0.1, -0.05) is 0 Å². The van der Waals surface area contributed by atoms with Crippen LogP contribution in [0.2, 0.25) is 0 Å². The van der Waals surface area contributed by atoms with Gasteiger partial charge in [0.15, 0.2) is 22.8 Å². The Morgan fingerprint density at radius 1 is 1.04 bits per heavy atom. The van der Waals surface area contributed by atoms with Crippen molar-refractivity contribution in [3.63, 3.8) is 0 Å². The van der Waals surface area contributed by atoms with Crippen molar-refractivity contribution in [3.8, 4) is 17.1 Å². The molecule has 0 aliphatic heterocycles. The number of aromatic nitrogens is 8. The Labute approximate surface area is 265 Å².